The summed E-state index contributed by atoms with van der Waals surface area (Å²) < 4.78 is 2.08. The minimum atomic E-state index is -0.454. The number of nitrogens with zero attached hydrogens (tertiary/aromatic N) is 3. The first-order valence-electron chi connectivity index (χ1n) is 10.0. The lowest BCUT2D eigenvalue weighted by Crippen LogP contribution is -2.04. The fourth-order valence-corrected chi connectivity index (χ4v) is 3.75. The minimum Gasteiger partial charge on any atom is -0.318 e. The molecule has 4 aromatic rings. The quantitative estimate of drug-likeness (QED) is 0.173. The summed E-state index contributed by atoms with van der Waals surface area (Å²) in [7, 11) is 0. The van der Waals surface area contributed by atoms with Crippen molar-refractivity contribution in [2.24, 2.45) is 5.16 Å². The number of hydrogen-bond donors (Lipinski definition) is 0. The molecule has 0 saturated heterocycles. The van der Waals surface area contributed by atoms with Gasteiger partial charge in [0.1, 0.15) is 0 Å². The van der Waals surface area contributed by atoms with Crippen molar-refractivity contribution < 1.29 is 14.6 Å². The van der Waals surface area contributed by atoms with E-state index in [2.05, 4.69) is 9.72 Å². The van der Waals surface area contributed by atoms with E-state index in [1.807, 2.05) is 55.5 Å². The first-order chi connectivity index (χ1) is 15.0. The van der Waals surface area contributed by atoms with Crippen LogP contribution in [0.1, 0.15) is 32.3 Å². The topological polar surface area (TPSA) is 86.7 Å². The highest BCUT2D eigenvalue weighted by atomic mass is 16.7. The van der Waals surface area contributed by atoms with E-state index in [1.165, 1.54) is 13.0 Å². The Morgan fingerprint density at radius 3 is 2.42 bits per heavy atom. The molecular weight excluding hydrogens is 394 g/mol. The van der Waals surface area contributed by atoms with Crippen LogP contribution in [0.15, 0.2) is 71.9 Å². The van der Waals surface area contributed by atoms with E-state index in [0.717, 1.165) is 39.5 Å². The number of para-hydroxylation sites is 1. The molecule has 0 aliphatic heterocycles. The van der Waals surface area contributed by atoms with Gasteiger partial charge in [-0.15, -0.1) is 0 Å². The number of rotatable bonds is 6. The third kappa shape index (κ3) is 3.90. The summed E-state index contributed by atoms with van der Waals surface area (Å²) in [6.07, 6.45) is 1.55. The molecule has 0 amide bonds. The summed E-state index contributed by atoms with van der Waals surface area (Å²) >= 11 is 0. The molecule has 0 bridgehead atoms. The van der Waals surface area contributed by atoms with Crippen molar-refractivity contribution in [2.75, 3.05) is 0 Å². The second-order valence-corrected chi connectivity index (χ2v) is 7.23. The second kappa shape index (κ2) is 8.39. The van der Waals surface area contributed by atoms with Gasteiger partial charge in [0.25, 0.3) is 5.69 Å². The molecule has 7 heteroatoms. The lowest BCUT2D eigenvalue weighted by molar-refractivity contribution is -0.384. The zero-order chi connectivity index (χ0) is 22.0. The molecule has 1 aromatic heterocycles. The monoisotopic (exact) mass is 415 g/mol. The maximum absolute atomic E-state index is 11.3. The van der Waals surface area contributed by atoms with Crippen molar-refractivity contribution in [3.05, 3.63) is 82.4 Å². The lowest BCUT2D eigenvalue weighted by Gasteiger charge is -2.10. The zero-order valence-electron chi connectivity index (χ0n) is 17.2. The number of benzene rings is 3. The number of oxime groups is 1. The number of carbonyl (C=O) groups excluding carboxylic acids is 1. The molecule has 0 spiro atoms. The van der Waals surface area contributed by atoms with Crippen molar-refractivity contribution in [1.29, 1.82) is 0 Å². The Labute approximate surface area is 178 Å². The van der Waals surface area contributed by atoms with E-state index in [9.17, 15) is 14.9 Å². The van der Waals surface area contributed by atoms with Gasteiger partial charge in [-0.1, -0.05) is 48.8 Å². The summed E-state index contributed by atoms with van der Waals surface area (Å²) in [5.74, 6) is -0.454. The lowest BCUT2D eigenvalue weighted by atomic mass is 10.1. The molecular formula is C24H21N3O4. The molecule has 0 atom stereocenters. The fourth-order valence-electron chi connectivity index (χ4n) is 3.75. The van der Waals surface area contributed by atoms with Gasteiger partial charge < -0.3 is 9.40 Å². The predicted molar refractivity (Wildman–Crippen MR) is 121 cm³/mol. The van der Waals surface area contributed by atoms with Crippen molar-refractivity contribution in [1.82, 2.24) is 4.57 Å². The van der Waals surface area contributed by atoms with Gasteiger partial charge in [-0.3, -0.25) is 10.1 Å². The van der Waals surface area contributed by atoms with Crippen molar-refractivity contribution in [3.8, 4) is 5.69 Å². The molecule has 0 N–H and O–H groups in total. The van der Waals surface area contributed by atoms with E-state index in [-0.39, 0.29) is 10.6 Å². The predicted octanol–water partition coefficient (Wildman–Crippen LogP) is 5.76. The molecule has 0 saturated carbocycles. The largest absolute Gasteiger partial charge is 0.331 e. The van der Waals surface area contributed by atoms with Crippen LogP contribution in [0.4, 0.5) is 5.69 Å². The van der Waals surface area contributed by atoms with Crippen molar-refractivity contribution in [3.63, 3.8) is 0 Å². The van der Waals surface area contributed by atoms with E-state index in [1.54, 1.807) is 12.1 Å². The smallest absolute Gasteiger partial charge is 0.318 e. The summed E-state index contributed by atoms with van der Waals surface area (Å²) in [5, 5.41) is 17.0. The molecule has 7 nitrogen and oxygen atoms in total. The van der Waals surface area contributed by atoms with Crippen LogP contribution in [0, 0.1) is 10.1 Å². The molecule has 0 radical (unpaired) electrons. The number of non-ortho nitro benzene ring substituents is 1. The van der Waals surface area contributed by atoms with Crippen LogP contribution in [0.2, 0.25) is 0 Å². The van der Waals surface area contributed by atoms with Crippen LogP contribution in [-0.2, 0) is 9.63 Å². The molecule has 0 aliphatic rings. The normalized spacial score (nSPS) is 11.7. The average Bonchev–Trinajstić information content (AvgIpc) is 3.10. The first-order valence-corrected chi connectivity index (χ1v) is 10.0. The van der Waals surface area contributed by atoms with Crippen LogP contribution in [0.3, 0.4) is 0 Å². The van der Waals surface area contributed by atoms with Gasteiger partial charge >= 0.3 is 5.97 Å². The Kier molecular flexibility index (Phi) is 5.49. The second-order valence-electron chi connectivity index (χ2n) is 7.23. The van der Waals surface area contributed by atoms with E-state index in [4.69, 9.17) is 4.84 Å². The molecule has 31 heavy (non-hydrogen) atoms. The molecule has 0 aliphatic carbocycles. The van der Waals surface area contributed by atoms with E-state index in [0.29, 0.717) is 12.1 Å². The van der Waals surface area contributed by atoms with Crippen LogP contribution < -0.4 is 0 Å². The number of fused-ring (bicyclic) bond motifs is 3. The third-order valence-electron chi connectivity index (χ3n) is 5.10. The van der Waals surface area contributed by atoms with Gasteiger partial charge in [0.05, 0.1) is 21.7 Å². The highest BCUT2D eigenvalue weighted by molar-refractivity contribution is 6.10. The van der Waals surface area contributed by atoms with Crippen molar-refractivity contribution in [2.45, 2.75) is 26.7 Å². The number of nitro groups is 1. The van der Waals surface area contributed by atoms with Crippen molar-refractivity contribution >= 4 is 39.2 Å². The Bertz CT molecular complexity index is 1320. The summed E-state index contributed by atoms with van der Waals surface area (Å²) in [6.45, 7) is 3.36. The summed E-state index contributed by atoms with van der Waals surface area (Å²) in [4.78, 5) is 26.9. The molecule has 0 unspecified atom stereocenters. The Morgan fingerprint density at radius 1 is 1.03 bits per heavy atom. The maximum Gasteiger partial charge on any atom is 0.331 e. The third-order valence-corrected chi connectivity index (χ3v) is 5.10. The highest BCUT2D eigenvalue weighted by Crippen LogP contribution is 2.34. The van der Waals surface area contributed by atoms with Gasteiger partial charge in [-0.2, -0.15) is 0 Å². The number of nitro benzene ring substituents is 1. The van der Waals surface area contributed by atoms with Gasteiger partial charge in [0.2, 0.25) is 0 Å². The molecule has 0 fully saturated rings. The highest BCUT2D eigenvalue weighted by Gasteiger charge is 2.16. The average molecular weight is 415 g/mol. The Morgan fingerprint density at radius 2 is 1.74 bits per heavy atom. The first kappa shape index (κ1) is 20.3. The molecule has 1 heterocycles. The SMILES string of the molecule is CCC/C(=N/OC(C)=O)c1ccc(-n2c3ccccc3c3cc([N+](=O)[O-])ccc32)cc1. The standard InChI is InChI=1S/C24H21N3O4/c1-3-6-22(25-31-16(2)28)17-9-11-18(12-10-17)26-23-8-5-4-7-20(23)21-15-19(27(29)30)13-14-24(21)26/h4-5,7-15H,3,6H2,1-2H3/b25-22-. The van der Waals surface area contributed by atoms with E-state index >= 15 is 0 Å². The molecule has 156 valence electrons. The minimum absolute atomic E-state index is 0.0663. The Balaban J connectivity index is 1.84. The summed E-state index contributed by atoms with van der Waals surface area (Å²) in [5.41, 5.74) is 4.43. The van der Waals surface area contributed by atoms with Gasteiger partial charge in [-0.05, 0) is 36.2 Å². The zero-order valence-corrected chi connectivity index (χ0v) is 17.2. The number of carbonyl (C=O) groups is 1. The van der Waals surface area contributed by atoms with Crippen LogP contribution in [-0.4, -0.2) is 21.2 Å². The molecule has 4 rings (SSSR count). The molecule has 3 aromatic carbocycles. The van der Waals surface area contributed by atoms with Gasteiger partial charge in [-0.25, -0.2) is 4.79 Å². The van der Waals surface area contributed by atoms with Crippen LogP contribution in [0.25, 0.3) is 27.5 Å². The maximum atomic E-state index is 11.3. The summed E-state index contributed by atoms with van der Waals surface area (Å²) in [6, 6.07) is 20.6. The van der Waals surface area contributed by atoms with Gasteiger partial charge in [0, 0.05) is 35.5 Å². The number of hydrogen-bond acceptors (Lipinski definition) is 5. The van der Waals surface area contributed by atoms with Crippen LogP contribution >= 0.6 is 0 Å². The van der Waals surface area contributed by atoms with Crippen LogP contribution in [0.5, 0.6) is 0 Å². The number of aromatic nitrogens is 1. The van der Waals surface area contributed by atoms with E-state index < -0.39 is 5.97 Å². The van der Waals surface area contributed by atoms with Gasteiger partial charge in [0.15, 0.2) is 0 Å². The fraction of sp³-hybridized carbons (Fsp3) is 0.167. The Hall–Kier alpha value is -4.00.